The fraction of sp³-hybridized carbons (Fsp3) is 0.538. The number of aliphatic hydroxyl groups excluding tert-OH is 1. The van der Waals surface area contributed by atoms with Crippen LogP contribution in [0.4, 0.5) is 0 Å². The topological polar surface area (TPSA) is 50.7 Å². The molecule has 0 aromatic heterocycles. The van der Waals surface area contributed by atoms with Crippen molar-refractivity contribution in [2.24, 2.45) is 0 Å². The molecule has 1 atom stereocenters. The number of benzene rings is 1. The number of rotatable bonds is 7. The van der Waals surface area contributed by atoms with Crippen LogP contribution in [0.2, 0.25) is 0 Å². The maximum Gasteiger partial charge on any atom is 0.165 e. The third-order valence-corrected chi connectivity index (χ3v) is 2.20. The third-order valence-electron chi connectivity index (χ3n) is 2.20. The highest BCUT2D eigenvalue weighted by Gasteiger charge is 2.11. The minimum atomic E-state index is -0.493. The van der Waals surface area contributed by atoms with E-state index in [4.69, 9.17) is 9.47 Å². The second-order valence-corrected chi connectivity index (χ2v) is 3.87. The highest BCUT2D eigenvalue weighted by molar-refractivity contribution is 5.46. The van der Waals surface area contributed by atoms with Gasteiger partial charge in [-0.25, -0.2) is 0 Å². The standard InChI is InChI=1S/C13H21NO3/c1-4-16-12-7-5-6-11(8-14-3)13(12)17-9-10(2)15/h5-7,10,14-15H,4,8-9H2,1-3H3. The smallest absolute Gasteiger partial charge is 0.165 e. The zero-order valence-electron chi connectivity index (χ0n) is 10.7. The van der Waals surface area contributed by atoms with Crippen molar-refractivity contribution >= 4 is 0 Å². The first kappa shape index (κ1) is 13.8. The van der Waals surface area contributed by atoms with E-state index in [2.05, 4.69) is 5.32 Å². The average molecular weight is 239 g/mol. The summed E-state index contributed by atoms with van der Waals surface area (Å²) in [5.74, 6) is 1.44. The van der Waals surface area contributed by atoms with Crippen molar-refractivity contribution in [1.29, 1.82) is 0 Å². The van der Waals surface area contributed by atoms with Crippen molar-refractivity contribution in [3.8, 4) is 11.5 Å². The number of ether oxygens (including phenoxy) is 2. The quantitative estimate of drug-likeness (QED) is 0.758. The van der Waals surface area contributed by atoms with Crippen LogP contribution < -0.4 is 14.8 Å². The van der Waals surface area contributed by atoms with Crippen LogP contribution in [0.25, 0.3) is 0 Å². The molecule has 4 heteroatoms. The second kappa shape index (κ2) is 7.14. The molecule has 0 amide bonds. The van der Waals surface area contributed by atoms with Gasteiger partial charge in [-0.05, 0) is 27.0 Å². The normalized spacial score (nSPS) is 12.2. The summed E-state index contributed by atoms with van der Waals surface area (Å²) in [7, 11) is 1.88. The molecule has 4 nitrogen and oxygen atoms in total. The van der Waals surface area contributed by atoms with Gasteiger partial charge in [-0.15, -0.1) is 0 Å². The van der Waals surface area contributed by atoms with Gasteiger partial charge in [0.2, 0.25) is 0 Å². The average Bonchev–Trinajstić information content (AvgIpc) is 2.29. The van der Waals surface area contributed by atoms with Gasteiger partial charge in [0, 0.05) is 12.1 Å². The summed E-state index contributed by atoms with van der Waals surface area (Å²) < 4.78 is 11.1. The van der Waals surface area contributed by atoms with Crippen molar-refractivity contribution in [1.82, 2.24) is 5.32 Å². The second-order valence-electron chi connectivity index (χ2n) is 3.87. The molecule has 0 aliphatic carbocycles. The van der Waals surface area contributed by atoms with Crippen molar-refractivity contribution in [2.45, 2.75) is 26.5 Å². The lowest BCUT2D eigenvalue weighted by atomic mass is 10.2. The van der Waals surface area contributed by atoms with Gasteiger partial charge in [0.1, 0.15) is 6.61 Å². The Hall–Kier alpha value is -1.26. The van der Waals surface area contributed by atoms with Crippen molar-refractivity contribution in [3.05, 3.63) is 23.8 Å². The van der Waals surface area contributed by atoms with Crippen molar-refractivity contribution in [3.63, 3.8) is 0 Å². The van der Waals surface area contributed by atoms with Crippen LogP contribution >= 0.6 is 0 Å². The van der Waals surface area contributed by atoms with Crippen molar-refractivity contribution in [2.75, 3.05) is 20.3 Å². The van der Waals surface area contributed by atoms with E-state index in [1.54, 1.807) is 6.92 Å². The molecular formula is C13H21NO3. The van der Waals surface area contributed by atoms with Crippen LogP contribution in [-0.2, 0) is 6.54 Å². The zero-order chi connectivity index (χ0) is 12.7. The lowest BCUT2D eigenvalue weighted by Gasteiger charge is -2.16. The first-order valence-electron chi connectivity index (χ1n) is 5.89. The first-order valence-corrected chi connectivity index (χ1v) is 5.89. The Morgan fingerprint density at radius 3 is 2.71 bits per heavy atom. The molecule has 0 saturated heterocycles. The zero-order valence-corrected chi connectivity index (χ0v) is 10.7. The Bertz CT molecular complexity index is 315. The van der Waals surface area contributed by atoms with Gasteiger partial charge in [0.15, 0.2) is 11.5 Å². The van der Waals surface area contributed by atoms with Crippen LogP contribution in [0, 0.1) is 0 Å². The lowest BCUT2D eigenvalue weighted by molar-refractivity contribution is 0.119. The molecule has 1 aromatic rings. The maximum absolute atomic E-state index is 9.27. The molecule has 0 heterocycles. The molecule has 0 radical (unpaired) electrons. The summed E-state index contributed by atoms with van der Waals surface area (Å²) in [5.41, 5.74) is 1.03. The number of hydrogen-bond donors (Lipinski definition) is 2. The molecular weight excluding hydrogens is 218 g/mol. The minimum Gasteiger partial charge on any atom is -0.490 e. The van der Waals surface area contributed by atoms with E-state index in [1.807, 2.05) is 32.2 Å². The van der Waals surface area contributed by atoms with E-state index in [1.165, 1.54) is 0 Å². The van der Waals surface area contributed by atoms with Gasteiger partial charge in [0.05, 0.1) is 12.7 Å². The van der Waals surface area contributed by atoms with Gasteiger partial charge < -0.3 is 19.9 Å². The van der Waals surface area contributed by atoms with Crippen LogP contribution in [0.3, 0.4) is 0 Å². The third kappa shape index (κ3) is 4.24. The summed E-state index contributed by atoms with van der Waals surface area (Å²) in [6.07, 6.45) is -0.493. The van der Waals surface area contributed by atoms with Gasteiger partial charge >= 0.3 is 0 Å². The fourth-order valence-electron chi connectivity index (χ4n) is 1.53. The molecule has 0 bridgehead atoms. The molecule has 96 valence electrons. The van der Waals surface area contributed by atoms with Crippen molar-refractivity contribution < 1.29 is 14.6 Å². The largest absolute Gasteiger partial charge is 0.490 e. The molecule has 1 unspecified atom stereocenters. The first-order chi connectivity index (χ1) is 8.19. The number of hydrogen-bond acceptors (Lipinski definition) is 4. The predicted octanol–water partition coefficient (Wildman–Crippen LogP) is 1.56. The summed E-state index contributed by atoms with van der Waals surface area (Å²) in [5, 5.41) is 12.4. The van der Waals surface area contributed by atoms with Crippen LogP contribution in [0.5, 0.6) is 11.5 Å². The Labute approximate surface area is 103 Å². The number of aliphatic hydroxyl groups is 1. The lowest BCUT2D eigenvalue weighted by Crippen LogP contribution is -2.15. The Balaban J connectivity index is 2.91. The molecule has 1 aromatic carbocycles. The van der Waals surface area contributed by atoms with E-state index in [-0.39, 0.29) is 6.61 Å². The molecule has 0 aliphatic rings. The summed E-state index contributed by atoms with van der Waals surface area (Å²) in [6.45, 7) is 5.19. The highest BCUT2D eigenvalue weighted by Crippen LogP contribution is 2.31. The molecule has 0 aliphatic heterocycles. The molecule has 1 rings (SSSR count). The Morgan fingerprint density at radius 1 is 1.35 bits per heavy atom. The monoisotopic (exact) mass is 239 g/mol. The Kier molecular flexibility index (Phi) is 5.80. The van der Waals surface area contributed by atoms with Gasteiger partial charge in [-0.1, -0.05) is 12.1 Å². The van der Waals surface area contributed by atoms with E-state index < -0.39 is 6.10 Å². The molecule has 0 fully saturated rings. The predicted molar refractivity (Wildman–Crippen MR) is 67.6 cm³/mol. The van der Waals surface area contributed by atoms with Gasteiger partial charge in [0.25, 0.3) is 0 Å². The van der Waals surface area contributed by atoms with E-state index >= 15 is 0 Å². The van der Waals surface area contributed by atoms with Gasteiger partial charge in [-0.2, -0.15) is 0 Å². The van der Waals surface area contributed by atoms with E-state index in [9.17, 15) is 5.11 Å². The minimum absolute atomic E-state index is 0.265. The summed E-state index contributed by atoms with van der Waals surface area (Å²) >= 11 is 0. The Morgan fingerprint density at radius 2 is 2.12 bits per heavy atom. The molecule has 2 N–H and O–H groups in total. The van der Waals surface area contributed by atoms with Crippen LogP contribution in [0.1, 0.15) is 19.4 Å². The van der Waals surface area contributed by atoms with E-state index in [0.717, 1.165) is 11.3 Å². The highest BCUT2D eigenvalue weighted by atomic mass is 16.5. The maximum atomic E-state index is 9.27. The van der Waals surface area contributed by atoms with Crippen LogP contribution in [-0.4, -0.2) is 31.5 Å². The van der Waals surface area contributed by atoms with Gasteiger partial charge in [-0.3, -0.25) is 0 Å². The number of nitrogens with one attached hydrogen (secondary N) is 1. The molecule has 17 heavy (non-hydrogen) atoms. The van der Waals surface area contributed by atoms with E-state index in [0.29, 0.717) is 18.9 Å². The summed E-state index contributed by atoms with van der Waals surface area (Å²) in [4.78, 5) is 0. The fourth-order valence-corrected chi connectivity index (χ4v) is 1.53. The van der Waals surface area contributed by atoms with Crippen LogP contribution in [0.15, 0.2) is 18.2 Å². The summed E-state index contributed by atoms with van der Waals surface area (Å²) in [6, 6.07) is 5.79. The number of para-hydroxylation sites is 1. The SMILES string of the molecule is CCOc1cccc(CNC)c1OCC(C)O. The molecule has 0 saturated carbocycles. The molecule has 0 spiro atoms.